The van der Waals surface area contributed by atoms with Gasteiger partial charge in [0.05, 0.1) is 18.0 Å². The topological polar surface area (TPSA) is 86.4 Å². The van der Waals surface area contributed by atoms with Crippen molar-refractivity contribution in [1.82, 2.24) is 15.2 Å². The number of pyridine rings is 1. The number of hydrogen-bond donors (Lipinski definition) is 3. The molecular formula is C30H33N5O2. The number of carbonyl (C=O) groups is 2. The molecule has 3 aromatic rings. The second kappa shape index (κ2) is 10.2. The highest BCUT2D eigenvalue weighted by atomic mass is 16.2. The van der Waals surface area contributed by atoms with Gasteiger partial charge in [0.2, 0.25) is 5.91 Å². The Bertz CT molecular complexity index is 1250. The number of nitrogens with one attached hydrogen (secondary N) is 3. The number of rotatable bonds is 4. The molecule has 2 fully saturated rings. The Morgan fingerprint density at radius 2 is 1.68 bits per heavy atom. The highest BCUT2D eigenvalue weighted by Gasteiger charge is 2.48. The van der Waals surface area contributed by atoms with Crippen molar-refractivity contribution in [1.29, 1.82) is 0 Å². The molecule has 1 aliphatic carbocycles. The molecule has 1 aromatic heterocycles. The molecule has 5 atom stereocenters. The second-order valence-corrected chi connectivity index (χ2v) is 10.4. The average Bonchev–Trinajstić information content (AvgIpc) is 3.39. The molecule has 2 aliphatic heterocycles. The average molecular weight is 496 g/mol. The van der Waals surface area contributed by atoms with Crippen molar-refractivity contribution >= 4 is 23.4 Å². The van der Waals surface area contributed by atoms with Crippen LogP contribution >= 0.6 is 0 Å². The van der Waals surface area contributed by atoms with Gasteiger partial charge in [-0.3, -0.25) is 10.1 Å². The Hall–Kier alpha value is -3.87. The van der Waals surface area contributed by atoms with E-state index in [1.54, 1.807) is 12.3 Å². The van der Waals surface area contributed by atoms with Crippen molar-refractivity contribution in [3.63, 3.8) is 0 Å². The van der Waals surface area contributed by atoms with E-state index in [1.807, 2.05) is 18.2 Å². The molecule has 3 aliphatic rings. The summed E-state index contributed by atoms with van der Waals surface area (Å²) in [6.07, 6.45) is 6.20. The minimum Gasteiger partial charge on any atom is -0.378 e. The van der Waals surface area contributed by atoms with Crippen LogP contribution in [-0.2, 0) is 4.79 Å². The number of likely N-dealkylation sites (tertiary alicyclic amines) is 1. The lowest BCUT2D eigenvalue weighted by atomic mass is 9.79. The number of hydrogen-bond acceptors (Lipinski definition) is 4. The Balaban J connectivity index is 1.24. The molecule has 1 saturated heterocycles. The molecule has 3 heterocycles. The summed E-state index contributed by atoms with van der Waals surface area (Å²) in [7, 11) is 0. The third-order valence-corrected chi connectivity index (χ3v) is 8.21. The summed E-state index contributed by atoms with van der Waals surface area (Å²) in [6, 6.07) is 24.0. The summed E-state index contributed by atoms with van der Waals surface area (Å²) < 4.78 is 0. The summed E-state index contributed by atoms with van der Waals surface area (Å²) >= 11 is 0. The number of fused-ring (bicyclic) bond motifs is 3. The third kappa shape index (κ3) is 4.66. The van der Waals surface area contributed by atoms with Gasteiger partial charge < -0.3 is 15.5 Å². The molecule has 6 rings (SSSR count). The number of para-hydroxylation sites is 1. The lowest BCUT2D eigenvalue weighted by Crippen LogP contribution is -2.51. The molecule has 0 spiro atoms. The van der Waals surface area contributed by atoms with Gasteiger partial charge in [0.25, 0.3) is 0 Å². The standard InChI is InChI=1S/C30H33N5O2/c36-29(22-13-5-7-15-25(22)33-30(37)34-26-16-8-9-18-31-26)35-19-17-23-27(20-10-2-1-3-11-20)32-24-14-6-4-12-21(24)28(23)35/h1-4,6,8-12,14,16,18,22-23,25,27-28,32H,5,7,13,15,17,19H2,(H2,31,33,34,37)/t22-,23-,25+,27-,28-/m0/s1. The number of nitrogens with zero attached hydrogens (tertiary/aromatic N) is 2. The first-order valence-electron chi connectivity index (χ1n) is 13.4. The van der Waals surface area contributed by atoms with Crippen LogP contribution in [0, 0.1) is 11.8 Å². The van der Waals surface area contributed by atoms with Crippen LogP contribution in [0.3, 0.4) is 0 Å². The lowest BCUT2D eigenvalue weighted by molar-refractivity contribution is -0.138. The molecule has 0 unspecified atom stereocenters. The highest BCUT2D eigenvalue weighted by Crippen LogP contribution is 2.51. The molecule has 1 saturated carbocycles. The summed E-state index contributed by atoms with van der Waals surface area (Å²) in [5.74, 6) is 0.737. The Labute approximate surface area is 217 Å². The SMILES string of the molecule is O=C(Nc1ccccn1)N[C@@H]1CCCC[C@@H]1C(=O)N1CC[C@H]2[C@H](c3ccccc3)Nc3ccccc3[C@@H]21. The van der Waals surface area contributed by atoms with Gasteiger partial charge >= 0.3 is 6.03 Å². The smallest absolute Gasteiger partial charge is 0.320 e. The molecule has 2 aromatic carbocycles. The fourth-order valence-corrected chi connectivity index (χ4v) is 6.53. The van der Waals surface area contributed by atoms with Crippen LogP contribution in [0.2, 0.25) is 0 Å². The van der Waals surface area contributed by atoms with Crippen molar-refractivity contribution in [3.05, 3.63) is 90.1 Å². The number of carbonyl (C=O) groups excluding carboxylic acids is 2. The van der Waals surface area contributed by atoms with Gasteiger partial charge in [0.1, 0.15) is 5.82 Å². The number of aromatic nitrogens is 1. The minimum atomic E-state index is -0.306. The minimum absolute atomic E-state index is 0.0278. The zero-order valence-electron chi connectivity index (χ0n) is 20.8. The fourth-order valence-electron chi connectivity index (χ4n) is 6.53. The summed E-state index contributed by atoms with van der Waals surface area (Å²) in [4.78, 5) is 33.2. The van der Waals surface area contributed by atoms with Crippen LogP contribution in [0.5, 0.6) is 0 Å². The van der Waals surface area contributed by atoms with Gasteiger partial charge in [0, 0.05) is 30.4 Å². The first-order valence-corrected chi connectivity index (χ1v) is 13.4. The third-order valence-electron chi connectivity index (χ3n) is 8.21. The summed E-state index contributed by atoms with van der Waals surface area (Å²) in [6.45, 7) is 0.733. The second-order valence-electron chi connectivity index (χ2n) is 10.4. The Morgan fingerprint density at radius 3 is 2.51 bits per heavy atom. The summed E-state index contributed by atoms with van der Waals surface area (Å²) in [5.41, 5.74) is 3.55. The van der Waals surface area contributed by atoms with Crippen LogP contribution in [0.15, 0.2) is 79.0 Å². The molecule has 3 amide bonds. The normalized spacial score (nSPS) is 26.4. The van der Waals surface area contributed by atoms with Crippen LogP contribution in [0.25, 0.3) is 0 Å². The van der Waals surface area contributed by atoms with Crippen LogP contribution < -0.4 is 16.0 Å². The number of amides is 3. The molecular weight excluding hydrogens is 462 g/mol. The van der Waals surface area contributed by atoms with Gasteiger partial charge in [-0.1, -0.05) is 67.4 Å². The van der Waals surface area contributed by atoms with E-state index in [1.165, 1.54) is 11.1 Å². The maximum absolute atomic E-state index is 14.2. The van der Waals surface area contributed by atoms with E-state index in [-0.39, 0.29) is 36.0 Å². The van der Waals surface area contributed by atoms with Crippen molar-refractivity contribution in [2.45, 2.75) is 50.2 Å². The molecule has 3 N–H and O–H groups in total. The van der Waals surface area contributed by atoms with Gasteiger partial charge in [-0.2, -0.15) is 0 Å². The predicted molar refractivity (Wildman–Crippen MR) is 144 cm³/mol. The van der Waals surface area contributed by atoms with E-state index >= 15 is 0 Å². The molecule has 0 bridgehead atoms. The van der Waals surface area contributed by atoms with Gasteiger partial charge in [0.15, 0.2) is 0 Å². The Morgan fingerprint density at radius 1 is 0.892 bits per heavy atom. The van der Waals surface area contributed by atoms with Crippen LogP contribution in [-0.4, -0.2) is 34.4 Å². The van der Waals surface area contributed by atoms with Crippen molar-refractivity contribution in [2.75, 3.05) is 17.2 Å². The predicted octanol–water partition coefficient (Wildman–Crippen LogP) is 5.52. The molecule has 190 valence electrons. The molecule has 7 heteroatoms. The molecule has 37 heavy (non-hydrogen) atoms. The van der Waals surface area contributed by atoms with E-state index in [4.69, 9.17) is 0 Å². The van der Waals surface area contributed by atoms with Gasteiger partial charge in [-0.15, -0.1) is 0 Å². The maximum atomic E-state index is 14.2. The number of anilines is 2. The quantitative estimate of drug-likeness (QED) is 0.445. The number of benzene rings is 2. The zero-order valence-corrected chi connectivity index (χ0v) is 20.8. The largest absolute Gasteiger partial charge is 0.378 e. The lowest BCUT2D eigenvalue weighted by Gasteiger charge is -2.42. The fraction of sp³-hybridized carbons (Fsp3) is 0.367. The van der Waals surface area contributed by atoms with E-state index < -0.39 is 0 Å². The van der Waals surface area contributed by atoms with E-state index in [0.717, 1.165) is 44.3 Å². The number of urea groups is 1. The van der Waals surface area contributed by atoms with Crippen LogP contribution in [0.4, 0.5) is 16.3 Å². The highest BCUT2D eigenvalue weighted by molar-refractivity contribution is 5.89. The van der Waals surface area contributed by atoms with E-state index in [9.17, 15) is 9.59 Å². The monoisotopic (exact) mass is 495 g/mol. The zero-order chi connectivity index (χ0) is 25.2. The maximum Gasteiger partial charge on any atom is 0.320 e. The molecule has 7 nitrogen and oxygen atoms in total. The van der Waals surface area contributed by atoms with Gasteiger partial charge in [-0.25, -0.2) is 9.78 Å². The molecule has 0 radical (unpaired) electrons. The first kappa shape index (κ1) is 23.5. The van der Waals surface area contributed by atoms with E-state index in [2.05, 4.69) is 74.4 Å². The van der Waals surface area contributed by atoms with Gasteiger partial charge in [-0.05, 0) is 48.6 Å². The summed E-state index contributed by atoms with van der Waals surface area (Å²) in [5, 5.41) is 9.68. The van der Waals surface area contributed by atoms with Crippen molar-refractivity contribution in [2.24, 2.45) is 11.8 Å². The first-order chi connectivity index (χ1) is 18.2. The van der Waals surface area contributed by atoms with Crippen LogP contribution in [0.1, 0.15) is 55.3 Å². The van der Waals surface area contributed by atoms with Crippen molar-refractivity contribution < 1.29 is 9.59 Å². The van der Waals surface area contributed by atoms with Crippen molar-refractivity contribution in [3.8, 4) is 0 Å². The van der Waals surface area contributed by atoms with E-state index in [0.29, 0.717) is 11.7 Å². The Kier molecular flexibility index (Phi) is 6.51.